The minimum absolute atomic E-state index is 0.0751. The van der Waals surface area contributed by atoms with Gasteiger partial charge in [-0.25, -0.2) is 4.98 Å². The molecule has 98 valence electrons. The molecule has 0 spiro atoms. The molecule has 0 bridgehead atoms. The Labute approximate surface area is 123 Å². The molecule has 2 rings (SSSR count). The standard InChI is InChI=1S/C13H10BrClN2O2/c1-7-2-3-8(4-11(7)18)13(19)17-10-5-9(14)6-16-12(10)15/h2-6,18H,1H3,(H,17,19). The highest BCUT2D eigenvalue weighted by molar-refractivity contribution is 9.10. The lowest BCUT2D eigenvalue weighted by molar-refractivity contribution is 0.102. The van der Waals surface area contributed by atoms with E-state index in [0.29, 0.717) is 21.3 Å². The molecule has 4 nitrogen and oxygen atoms in total. The van der Waals surface area contributed by atoms with Gasteiger partial charge in [0, 0.05) is 16.2 Å². The zero-order chi connectivity index (χ0) is 14.0. The van der Waals surface area contributed by atoms with Gasteiger partial charge < -0.3 is 10.4 Å². The molecule has 0 unspecified atom stereocenters. The van der Waals surface area contributed by atoms with Crippen LogP contribution in [0.4, 0.5) is 5.69 Å². The van der Waals surface area contributed by atoms with Crippen LogP contribution in [0.15, 0.2) is 34.9 Å². The van der Waals surface area contributed by atoms with Crippen LogP contribution < -0.4 is 5.32 Å². The number of amides is 1. The minimum atomic E-state index is -0.364. The number of benzene rings is 1. The van der Waals surface area contributed by atoms with Crippen LogP contribution in [-0.4, -0.2) is 16.0 Å². The molecule has 0 aliphatic rings. The molecular weight excluding hydrogens is 332 g/mol. The van der Waals surface area contributed by atoms with Gasteiger partial charge in [-0.1, -0.05) is 17.7 Å². The number of hydrogen-bond donors (Lipinski definition) is 2. The van der Waals surface area contributed by atoms with Crippen molar-refractivity contribution in [1.82, 2.24) is 4.98 Å². The van der Waals surface area contributed by atoms with Gasteiger partial charge in [-0.3, -0.25) is 4.79 Å². The molecule has 19 heavy (non-hydrogen) atoms. The highest BCUT2D eigenvalue weighted by atomic mass is 79.9. The van der Waals surface area contributed by atoms with E-state index in [2.05, 4.69) is 26.2 Å². The zero-order valence-corrected chi connectivity index (χ0v) is 12.3. The maximum atomic E-state index is 12.0. The Morgan fingerprint density at radius 2 is 2.16 bits per heavy atom. The Morgan fingerprint density at radius 1 is 1.42 bits per heavy atom. The average molecular weight is 342 g/mol. The van der Waals surface area contributed by atoms with Crippen LogP contribution in [0.25, 0.3) is 0 Å². The number of rotatable bonds is 2. The lowest BCUT2D eigenvalue weighted by Gasteiger charge is -2.08. The summed E-state index contributed by atoms with van der Waals surface area (Å²) < 4.78 is 0.707. The normalized spacial score (nSPS) is 10.3. The number of aromatic nitrogens is 1. The number of halogens is 2. The first-order chi connectivity index (χ1) is 8.97. The van der Waals surface area contributed by atoms with E-state index in [4.69, 9.17) is 11.6 Å². The molecule has 0 saturated carbocycles. The second kappa shape index (κ2) is 5.59. The van der Waals surface area contributed by atoms with E-state index in [0.717, 1.165) is 0 Å². The van der Waals surface area contributed by atoms with Gasteiger partial charge in [0.1, 0.15) is 5.75 Å². The molecular formula is C13H10BrClN2O2. The molecule has 0 aliphatic carbocycles. The molecule has 2 N–H and O–H groups in total. The number of nitrogens with zero attached hydrogens (tertiary/aromatic N) is 1. The van der Waals surface area contributed by atoms with E-state index in [1.165, 1.54) is 12.3 Å². The predicted octanol–water partition coefficient (Wildman–Crippen LogP) is 3.76. The number of hydrogen-bond acceptors (Lipinski definition) is 3. The number of carbonyl (C=O) groups excluding carboxylic acids is 1. The number of aryl methyl sites for hydroxylation is 1. The van der Waals surface area contributed by atoms with Crippen molar-refractivity contribution in [1.29, 1.82) is 0 Å². The van der Waals surface area contributed by atoms with Crippen molar-refractivity contribution in [3.63, 3.8) is 0 Å². The summed E-state index contributed by atoms with van der Waals surface area (Å²) in [7, 11) is 0. The summed E-state index contributed by atoms with van der Waals surface area (Å²) in [6, 6.07) is 6.36. The van der Waals surface area contributed by atoms with Crippen molar-refractivity contribution in [3.8, 4) is 5.75 Å². The first-order valence-corrected chi connectivity index (χ1v) is 6.56. The third kappa shape index (κ3) is 3.24. The molecule has 0 fully saturated rings. The summed E-state index contributed by atoms with van der Waals surface area (Å²) in [6.07, 6.45) is 1.54. The van der Waals surface area contributed by atoms with Crippen molar-refractivity contribution < 1.29 is 9.90 Å². The smallest absolute Gasteiger partial charge is 0.255 e. The Bertz CT molecular complexity index is 647. The fourth-order valence-corrected chi connectivity index (χ4v) is 1.94. The summed E-state index contributed by atoms with van der Waals surface area (Å²) in [4.78, 5) is 15.9. The first kappa shape index (κ1) is 13.8. The van der Waals surface area contributed by atoms with Crippen LogP contribution in [0, 0.1) is 6.92 Å². The largest absolute Gasteiger partial charge is 0.508 e. The topological polar surface area (TPSA) is 62.2 Å². The van der Waals surface area contributed by atoms with Gasteiger partial charge in [0.05, 0.1) is 5.69 Å². The second-order valence-electron chi connectivity index (χ2n) is 3.95. The van der Waals surface area contributed by atoms with Gasteiger partial charge in [0.15, 0.2) is 5.15 Å². The quantitative estimate of drug-likeness (QED) is 0.818. The molecule has 1 amide bonds. The lowest BCUT2D eigenvalue weighted by Crippen LogP contribution is -2.12. The Balaban J connectivity index is 2.25. The van der Waals surface area contributed by atoms with Crippen LogP contribution >= 0.6 is 27.5 Å². The van der Waals surface area contributed by atoms with E-state index in [-0.39, 0.29) is 16.8 Å². The van der Waals surface area contributed by atoms with E-state index in [1.54, 1.807) is 25.1 Å². The summed E-state index contributed by atoms with van der Waals surface area (Å²) in [5.41, 5.74) is 1.46. The van der Waals surface area contributed by atoms with Crippen LogP contribution in [0.1, 0.15) is 15.9 Å². The van der Waals surface area contributed by atoms with Crippen LogP contribution in [-0.2, 0) is 0 Å². The second-order valence-corrected chi connectivity index (χ2v) is 5.22. The first-order valence-electron chi connectivity index (χ1n) is 5.39. The van der Waals surface area contributed by atoms with E-state index < -0.39 is 0 Å². The number of phenols is 1. The van der Waals surface area contributed by atoms with Crippen LogP contribution in [0.5, 0.6) is 5.75 Å². The lowest BCUT2D eigenvalue weighted by atomic mass is 10.1. The fraction of sp³-hybridized carbons (Fsp3) is 0.0769. The molecule has 1 aromatic heterocycles. The van der Waals surface area contributed by atoms with Gasteiger partial charge in [0.2, 0.25) is 0 Å². The third-order valence-corrected chi connectivity index (χ3v) is 3.26. The summed E-state index contributed by atoms with van der Waals surface area (Å²) in [5.74, 6) is -0.289. The Kier molecular flexibility index (Phi) is 4.07. The monoisotopic (exact) mass is 340 g/mol. The SMILES string of the molecule is Cc1ccc(C(=O)Nc2cc(Br)cnc2Cl)cc1O. The van der Waals surface area contributed by atoms with Gasteiger partial charge in [0.25, 0.3) is 5.91 Å². The van der Waals surface area contributed by atoms with E-state index in [1.807, 2.05) is 0 Å². The molecule has 1 aromatic carbocycles. The summed E-state index contributed by atoms with van der Waals surface area (Å²) >= 11 is 9.14. The maximum absolute atomic E-state index is 12.0. The van der Waals surface area contributed by atoms with Gasteiger partial charge in [-0.05, 0) is 46.6 Å². The fourth-order valence-electron chi connectivity index (χ4n) is 1.46. The van der Waals surface area contributed by atoms with Gasteiger partial charge >= 0.3 is 0 Å². The highest BCUT2D eigenvalue weighted by Crippen LogP contribution is 2.24. The average Bonchev–Trinajstić information content (AvgIpc) is 2.37. The van der Waals surface area contributed by atoms with Crippen molar-refractivity contribution in [2.24, 2.45) is 0 Å². The van der Waals surface area contributed by atoms with Gasteiger partial charge in [-0.15, -0.1) is 0 Å². The molecule has 0 saturated heterocycles. The number of carbonyl (C=O) groups is 1. The van der Waals surface area contributed by atoms with E-state index in [9.17, 15) is 9.90 Å². The third-order valence-electron chi connectivity index (χ3n) is 2.53. The number of anilines is 1. The number of pyridine rings is 1. The maximum Gasteiger partial charge on any atom is 0.255 e. The van der Waals surface area contributed by atoms with Crippen molar-refractivity contribution in [2.75, 3.05) is 5.32 Å². The van der Waals surface area contributed by atoms with Crippen LogP contribution in [0.2, 0.25) is 5.15 Å². The molecule has 0 radical (unpaired) electrons. The molecule has 0 atom stereocenters. The molecule has 2 aromatic rings. The number of aromatic hydroxyl groups is 1. The van der Waals surface area contributed by atoms with Crippen LogP contribution in [0.3, 0.4) is 0 Å². The number of nitrogens with one attached hydrogen (secondary N) is 1. The van der Waals surface area contributed by atoms with Gasteiger partial charge in [-0.2, -0.15) is 0 Å². The molecule has 0 aliphatic heterocycles. The zero-order valence-electron chi connectivity index (χ0n) is 9.95. The molecule has 6 heteroatoms. The van der Waals surface area contributed by atoms with Crippen molar-refractivity contribution >= 4 is 39.1 Å². The minimum Gasteiger partial charge on any atom is -0.508 e. The highest BCUT2D eigenvalue weighted by Gasteiger charge is 2.11. The summed E-state index contributed by atoms with van der Waals surface area (Å²) in [5, 5.41) is 12.4. The molecule has 1 heterocycles. The Morgan fingerprint density at radius 3 is 2.84 bits per heavy atom. The van der Waals surface area contributed by atoms with Crippen molar-refractivity contribution in [3.05, 3.63) is 51.2 Å². The number of phenolic OH excluding ortho intramolecular Hbond substituents is 1. The summed E-state index contributed by atoms with van der Waals surface area (Å²) in [6.45, 7) is 1.76. The van der Waals surface area contributed by atoms with Crippen molar-refractivity contribution in [2.45, 2.75) is 6.92 Å². The van der Waals surface area contributed by atoms with E-state index >= 15 is 0 Å². The predicted molar refractivity (Wildman–Crippen MR) is 77.7 cm³/mol. The Hall–Kier alpha value is -1.59.